The molecule has 0 aliphatic carbocycles. The minimum atomic E-state index is -4.29. The van der Waals surface area contributed by atoms with Crippen molar-refractivity contribution in [3.8, 4) is 12.0 Å². The van der Waals surface area contributed by atoms with Gasteiger partial charge in [-0.1, -0.05) is 18.2 Å². The van der Waals surface area contributed by atoms with E-state index in [-0.39, 0.29) is 35.4 Å². The minimum absolute atomic E-state index is 0.117. The van der Waals surface area contributed by atoms with Crippen LogP contribution in [0.3, 0.4) is 0 Å². The first-order valence-corrected chi connectivity index (χ1v) is 11.0. The molecular weight excluding hydrogens is 453 g/mol. The average molecular weight is 471 g/mol. The number of nitrogens with one attached hydrogen (secondary N) is 2. The lowest BCUT2D eigenvalue weighted by molar-refractivity contribution is 0.106. The van der Waals surface area contributed by atoms with Crippen LogP contribution in [0, 0.1) is 0 Å². The number of methoxy groups -OCH3 is 2. The van der Waals surface area contributed by atoms with E-state index >= 15 is 0 Å². The Kier molecular flexibility index (Phi) is 7.14. The Hall–Kier alpha value is -3.10. The van der Waals surface area contributed by atoms with Gasteiger partial charge in [-0.05, 0) is 11.5 Å². The fourth-order valence-corrected chi connectivity index (χ4v) is 5.18. The van der Waals surface area contributed by atoms with Crippen molar-refractivity contribution in [3.63, 3.8) is 0 Å². The number of carbonyl (C=O) groups excluding carboxylic acids is 1. The summed E-state index contributed by atoms with van der Waals surface area (Å²) in [4.78, 5) is 23.7. The van der Waals surface area contributed by atoms with E-state index in [9.17, 15) is 17.6 Å². The van der Waals surface area contributed by atoms with Gasteiger partial charge in [-0.25, -0.2) is 22.3 Å². The number of alkyl halides is 1. The number of sulfonamides is 1. The first kappa shape index (κ1) is 22.6. The van der Waals surface area contributed by atoms with Crippen molar-refractivity contribution in [1.29, 1.82) is 0 Å². The van der Waals surface area contributed by atoms with E-state index in [1.807, 2.05) is 4.72 Å². The third-order valence-electron chi connectivity index (χ3n) is 3.79. The number of fused-ring (bicyclic) bond motifs is 1. The van der Waals surface area contributed by atoms with E-state index in [1.54, 1.807) is 24.3 Å². The number of anilines is 1. The molecule has 11 nitrogen and oxygen atoms in total. The molecule has 0 spiro atoms. The van der Waals surface area contributed by atoms with Crippen LogP contribution in [0.25, 0.3) is 10.1 Å². The normalized spacial score (nSPS) is 11.3. The highest BCUT2D eigenvalue weighted by molar-refractivity contribution is 7.92. The number of benzene rings is 1. The van der Waals surface area contributed by atoms with Crippen LogP contribution in [-0.4, -0.2) is 56.9 Å². The molecule has 2 N–H and O–H groups in total. The first-order valence-electron chi connectivity index (χ1n) is 8.70. The molecule has 1 aromatic carbocycles. The Labute approximate surface area is 180 Å². The molecule has 0 bridgehead atoms. The molecule has 0 atom stereocenters. The molecule has 31 heavy (non-hydrogen) atoms. The quantitative estimate of drug-likeness (QED) is 0.449. The predicted octanol–water partition coefficient (Wildman–Crippen LogP) is 2.10. The summed E-state index contributed by atoms with van der Waals surface area (Å²) in [6, 6.07) is 5.57. The molecule has 2 amide bonds. The monoisotopic (exact) mass is 471 g/mol. The number of aromatic nitrogens is 3. The maximum Gasteiger partial charge on any atom is 0.335 e. The molecule has 0 fully saturated rings. The van der Waals surface area contributed by atoms with E-state index in [0.717, 1.165) is 11.3 Å². The van der Waals surface area contributed by atoms with Crippen molar-refractivity contribution in [2.24, 2.45) is 0 Å². The topological polar surface area (TPSA) is 142 Å². The van der Waals surface area contributed by atoms with Gasteiger partial charge in [0.15, 0.2) is 0 Å². The molecule has 0 radical (unpaired) electrons. The van der Waals surface area contributed by atoms with Gasteiger partial charge >= 0.3 is 18.1 Å². The van der Waals surface area contributed by atoms with E-state index in [1.165, 1.54) is 14.2 Å². The summed E-state index contributed by atoms with van der Waals surface area (Å²) in [6.07, 6.45) is 0. The lowest BCUT2D eigenvalue weighted by Crippen LogP contribution is -2.35. The number of hydrogen-bond acceptors (Lipinski definition) is 10. The minimum Gasteiger partial charge on any atom is -0.467 e. The molecule has 0 aliphatic rings. The van der Waals surface area contributed by atoms with Crippen molar-refractivity contribution in [1.82, 2.24) is 19.7 Å². The number of ether oxygens (including phenoxy) is 3. The largest absolute Gasteiger partial charge is 0.467 e. The van der Waals surface area contributed by atoms with Gasteiger partial charge in [-0.2, -0.15) is 9.97 Å². The van der Waals surface area contributed by atoms with Crippen LogP contribution < -0.4 is 19.5 Å². The average Bonchev–Trinajstić information content (AvgIpc) is 3.13. The molecule has 3 aromatic rings. The lowest BCUT2D eigenvalue weighted by atomic mass is 10.2. The van der Waals surface area contributed by atoms with Gasteiger partial charge < -0.3 is 14.2 Å². The van der Waals surface area contributed by atoms with Gasteiger partial charge in [0.05, 0.1) is 27.4 Å². The molecule has 0 saturated heterocycles. The number of rotatable bonds is 9. The maximum absolute atomic E-state index is 12.9. The molecule has 14 heteroatoms. The van der Waals surface area contributed by atoms with Crippen LogP contribution in [0.5, 0.6) is 12.0 Å². The van der Waals surface area contributed by atoms with Gasteiger partial charge in [0.1, 0.15) is 10.9 Å². The fraction of sp³-hybridized carbons (Fsp3) is 0.294. The summed E-state index contributed by atoms with van der Waals surface area (Å²) in [5.41, 5.74) is 0.331. The zero-order chi connectivity index (χ0) is 22.4. The number of nitrogens with zero attached hydrogens (tertiary/aromatic N) is 3. The fourth-order valence-electron chi connectivity index (χ4n) is 2.53. The lowest BCUT2D eigenvalue weighted by Gasteiger charge is -2.10. The van der Waals surface area contributed by atoms with E-state index in [2.05, 4.69) is 20.3 Å². The van der Waals surface area contributed by atoms with Gasteiger partial charge in [-0.15, -0.1) is 16.3 Å². The van der Waals surface area contributed by atoms with Crippen molar-refractivity contribution < 1.29 is 31.8 Å². The Bertz CT molecular complexity index is 1160. The van der Waals surface area contributed by atoms with Gasteiger partial charge in [-0.3, -0.25) is 5.32 Å². The zero-order valence-corrected chi connectivity index (χ0v) is 18.0. The van der Waals surface area contributed by atoms with Crippen LogP contribution in [0.2, 0.25) is 0 Å². The second-order valence-electron chi connectivity index (χ2n) is 5.80. The van der Waals surface area contributed by atoms with Crippen molar-refractivity contribution >= 4 is 43.4 Å². The predicted molar refractivity (Wildman–Crippen MR) is 110 cm³/mol. The number of halogens is 1. The molecule has 2 aromatic heterocycles. The number of thiophene rings is 1. The Morgan fingerprint density at radius 3 is 2.45 bits per heavy atom. The van der Waals surface area contributed by atoms with Gasteiger partial charge in [0, 0.05) is 10.3 Å². The number of hydrogen-bond donors (Lipinski definition) is 2. The van der Waals surface area contributed by atoms with Crippen molar-refractivity contribution in [2.45, 2.75) is 10.8 Å². The van der Waals surface area contributed by atoms with Crippen molar-refractivity contribution in [2.75, 3.05) is 32.8 Å². The molecular formula is C17H18FN5O6S2. The summed E-state index contributed by atoms with van der Waals surface area (Å²) in [5.74, 6) is -0.278. The smallest absolute Gasteiger partial charge is 0.335 e. The SMILES string of the molecule is COc1nc(NC(=O)NS(=O)(=O)c2sc3ccccc3c2COCCF)nc(OC)n1. The summed E-state index contributed by atoms with van der Waals surface area (Å²) in [6.45, 7) is -1.02. The van der Waals surface area contributed by atoms with Crippen LogP contribution >= 0.6 is 11.3 Å². The summed E-state index contributed by atoms with van der Waals surface area (Å²) in [7, 11) is -1.69. The van der Waals surface area contributed by atoms with Gasteiger partial charge in [0.2, 0.25) is 5.95 Å². The summed E-state index contributed by atoms with van der Waals surface area (Å²) in [5, 5.41) is 2.83. The van der Waals surface area contributed by atoms with Crippen LogP contribution in [0.4, 0.5) is 15.1 Å². The Morgan fingerprint density at radius 1 is 1.13 bits per heavy atom. The molecule has 166 valence electrons. The van der Waals surface area contributed by atoms with Gasteiger partial charge in [0.25, 0.3) is 10.0 Å². The first-order chi connectivity index (χ1) is 14.9. The number of urea groups is 1. The standard InChI is InChI=1S/C17H18FN5O6S2/c1-27-16-20-14(21-17(22-16)28-2)19-15(24)23-31(25,26)13-11(9-29-8-7-18)10-5-3-4-6-12(10)30-13/h3-6H,7-9H2,1-2H3,(H2,19,20,21,22,23,24). The number of carbonyl (C=O) groups is 1. The van der Waals surface area contributed by atoms with E-state index in [0.29, 0.717) is 15.6 Å². The zero-order valence-electron chi connectivity index (χ0n) is 16.4. The number of amides is 2. The molecule has 0 unspecified atom stereocenters. The van der Waals surface area contributed by atoms with Crippen LogP contribution in [0.15, 0.2) is 28.5 Å². The summed E-state index contributed by atoms with van der Waals surface area (Å²) >= 11 is 0.964. The highest BCUT2D eigenvalue weighted by Gasteiger charge is 2.26. The van der Waals surface area contributed by atoms with E-state index in [4.69, 9.17) is 14.2 Å². The highest BCUT2D eigenvalue weighted by atomic mass is 32.2. The Balaban J connectivity index is 1.86. The Morgan fingerprint density at radius 2 is 1.81 bits per heavy atom. The van der Waals surface area contributed by atoms with Crippen LogP contribution in [-0.2, 0) is 21.4 Å². The van der Waals surface area contributed by atoms with Crippen molar-refractivity contribution in [3.05, 3.63) is 29.8 Å². The second kappa shape index (κ2) is 9.80. The molecule has 0 saturated carbocycles. The maximum atomic E-state index is 12.9. The molecule has 2 heterocycles. The second-order valence-corrected chi connectivity index (χ2v) is 8.73. The third-order valence-corrected chi connectivity index (χ3v) is 6.89. The molecule has 3 rings (SSSR count). The van der Waals surface area contributed by atoms with E-state index < -0.39 is 22.7 Å². The highest BCUT2D eigenvalue weighted by Crippen LogP contribution is 2.35. The van der Waals surface area contributed by atoms with Crippen LogP contribution in [0.1, 0.15) is 5.56 Å². The molecule has 0 aliphatic heterocycles. The summed E-state index contributed by atoms with van der Waals surface area (Å²) < 4.78 is 55.7. The third kappa shape index (κ3) is 5.34.